The molecule has 0 saturated carbocycles. The molecule has 0 aliphatic heterocycles. The van der Waals surface area contributed by atoms with Gasteiger partial charge in [0, 0.05) is 4.47 Å². The summed E-state index contributed by atoms with van der Waals surface area (Å²) >= 11 is 9.45. The van der Waals surface area contributed by atoms with Crippen molar-refractivity contribution in [3.8, 4) is 0 Å². The van der Waals surface area contributed by atoms with Crippen LogP contribution >= 0.6 is 27.5 Å². The summed E-state index contributed by atoms with van der Waals surface area (Å²) in [6, 6.07) is 4.14. The van der Waals surface area contributed by atoms with Gasteiger partial charge in [0.2, 0.25) is 0 Å². The van der Waals surface area contributed by atoms with Gasteiger partial charge in [0.05, 0.1) is 5.02 Å². The molecule has 68 valence electrons. The average molecular weight is 258 g/mol. The Morgan fingerprint density at radius 1 is 1.46 bits per heavy atom. The fraction of sp³-hybridized carbons (Fsp3) is 0.273. The molecule has 0 fully saturated rings. The molecular formula is C11H10BrCl. The molecule has 1 atom stereocenters. The Bertz CT molecular complexity index is 369. The predicted molar refractivity (Wildman–Crippen MR) is 61.1 cm³/mol. The van der Waals surface area contributed by atoms with Crippen LogP contribution in [0.5, 0.6) is 0 Å². The molecule has 2 rings (SSSR count). The Morgan fingerprint density at radius 2 is 2.23 bits per heavy atom. The summed E-state index contributed by atoms with van der Waals surface area (Å²) in [5.41, 5.74) is 2.64. The molecule has 0 heterocycles. The van der Waals surface area contributed by atoms with Crippen molar-refractivity contribution >= 4 is 33.6 Å². The molecule has 1 aliphatic carbocycles. The molecule has 1 aromatic rings. The Balaban J connectivity index is 2.52. The standard InChI is InChI=1S/C11H10BrCl/c1-7-2-3-8-5-10(12)11(13)6-9(8)4-7/h2-3,5-7H,4H2,1H3. The fourth-order valence-corrected chi connectivity index (χ4v) is 2.17. The van der Waals surface area contributed by atoms with E-state index in [9.17, 15) is 0 Å². The number of allylic oxidation sites excluding steroid dienone is 1. The van der Waals surface area contributed by atoms with Crippen LogP contribution in [-0.4, -0.2) is 0 Å². The van der Waals surface area contributed by atoms with E-state index in [1.807, 2.05) is 0 Å². The van der Waals surface area contributed by atoms with Gasteiger partial charge in [-0.05, 0) is 51.5 Å². The van der Waals surface area contributed by atoms with Crippen molar-refractivity contribution in [2.45, 2.75) is 13.3 Å². The molecule has 0 N–H and O–H groups in total. The van der Waals surface area contributed by atoms with E-state index in [1.165, 1.54) is 11.1 Å². The van der Waals surface area contributed by atoms with Crippen LogP contribution in [-0.2, 0) is 6.42 Å². The second-order valence-corrected chi connectivity index (χ2v) is 4.77. The molecule has 13 heavy (non-hydrogen) atoms. The van der Waals surface area contributed by atoms with E-state index in [-0.39, 0.29) is 0 Å². The Labute approximate surface area is 91.7 Å². The van der Waals surface area contributed by atoms with Crippen molar-refractivity contribution in [2.24, 2.45) is 5.92 Å². The zero-order valence-corrected chi connectivity index (χ0v) is 9.69. The number of halogens is 2. The summed E-state index contributed by atoms with van der Waals surface area (Å²) in [6.45, 7) is 2.22. The monoisotopic (exact) mass is 256 g/mol. The van der Waals surface area contributed by atoms with Gasteiger partial charge >= 0.3 is 0 Å². The number of fused-ring (bicyclic) bond motifs is 1. The number of benzene rings is 1. The molecule has 2 heteroatoms. The zero-order chi connectivity index (χ0) is 9.42. The van der Waals surface area contributed by atoms with Crippen LogP contribution in [0.15, 0.2) is 22.7 Å². The minimum atomic E-state index is 0.629. The van der Waals surface area contributed by atoms with Crippen LogP contribution in [0.25, 0.3) is 6.08 Å². The van der Waals surface area contributed by atoms with Gasteiger partial charge < -0.3 is 0 Å². The summed E-state index contributed by atoms with van der Waals surface area (Å²) in [6.07, 6.45) is 5.51. The van der Waals surface area contributed by atoms with Crippen LogP contribution in [0.1, 0.15) is 18.1 Å². The van der Waals surface area contributed by atoms with Gasteiger partial charge in [0.15, 0.2) is 0 Å². The first-order valence-electron chi connectivity index (χ1n) is 4.33. The summed E-state index contributed by atoms with van der Waals surface area (Å²) in [7, 11) is 0. The van der Waals surface area contributed by atoms with E-state index >= 15 is 0 Å². The van der Waals surface area contributed by atoms with Gasteiger partial charge in [0.1, 0.15) is 0 Å². The highest BCUT2D eigenvalue weighted by atomic mass is 79.9. The Morgan fingerprint density at radius 3 is 3.00 bits per heavy atom. The first-order chi connectivity index (χ1) is 6.16. The molecule has 0 nitrogen and oxygen atoms in total. The first-order valence-corrected chi connectivity index (χ1v) is 5.50. The lowest BCUT2D eigenvalue weighted by molar-refractivity contribution is 0.717. The smallest absolute Gasteiger partial charge is 0.0551 e. The maximum absolute atomic E-state index is 6.02. The largest absolute Gasteiger partial charge is 0.0831 e. The Hall–Kier alpha value is -0.270. The maximum Gasteiger partial charge on any atom is 0.0551 e. The lowest BCUT2D eigenvalue weighted by atomic mass is 9.91. The van der Waals surface area contributed by atoms with Crippen molar-refractivity contribution < 1.29 is 0 Å². The van der Waals surface area contributed by atoms with Crippen molar-refractivity contribution in [2.75, 3.05) is 0 Å². The first kappa shape index (κ1) is 9.29. The summed E-state index contributed by atoms with van der Waals surface area (Å²) in [4.78, 5) is 0. The summed E-state index contributed by atoms with van der Waals surface area (Å²) < 4.78 is 0.979. The molecular weight excluding hydrogens is 247 g/mol. The quantitative estimate of drug-likeness (QED) is 0.650. The lowest BCUT2D eigenvalue weighted by Crippen LogP contribution is -2.03. The highest BCUT2D eigenvalue weighted by Crippen LogP contribution is 2.31. The topological polar surface area (TPSA) is 0 Å². The van der Waals surface area contributed by atoms with E-state index in [1.54, 1.807) is 0 Å². The van der Waals surface area contributed by atoms with Crippen molar-refractivity contribution in [3.63, 3.8) is 0 Å². The molecule has 1 aliphatic rings. The lowest BCUT2D eigenvalue weighted by Gasteiger charge is -2.16. The molecule has 1 unspecified atom stereocenters. The van der Waals surface area contributed by atoms with E-state index in [0.29, 0.717) is 5.92 Å². The van der Waals surface area contributed by atoms with E-state index < -0.39 is 0 Å². The minimum absolute atomic E-state index is 0.629. The molecule has 0 aromatic heterocycles. The highest BCUT2D eigenvalue weighted by molar-refractivity contribution is 9.10. The highest BCUT2D eigenvalue weighted by Gasteiger charge is 2.11. The van der Waals surface area contributed by atoms with E-state index in [4.69, 9.17) is 11.6 Å². The van der Waals surface area contributed by atoms with Gasteiger partial charge in [-0.15, -0.1) is 0 Å². The fourth-order valence-electron chi connectivity index (χ4n) is 1.62. The SMILES string of the molecule is CC1C=Cc2cc(Br)c(Cl)cc2C1. The minimum Gasteiger partial charge on any atom is -0.0831 e. The number of hydrogen-bond acceptors (Lipinski definition) is 0. The summed E-state index contributed by atoms with van der Waals surface area (Å²) in [5, 5.41) is 0.807. The van der Waals surface area contributed by atoms with Gasteiger partial charge in [-0.1, -0.05) is 30.7 Å². The third kappa shape index (κ3) is 1.82. The van der Waals surface area contributed by atoms with Gasteiger partial charge in [-0.2, -0.15) is 0 Å². The average Bonchev–Trinajstić information content (AvgIpc) is 2.08. The van der Waals surface area contributed by atoms with Crippen molar-refractivity contribution in [1.82, 2.24) is 0 Å². The maximum atomic E-state index is 6.02. The zero-order valence-electron chi connectivity index (χ0n) is 7.35. The van der Waals surface area contributed by atoms with E-state index in [2.05, 4.69) is 47.1 Å². The van der Waals surface area contributed by atoms with Crippen molar-refractivity contribution in [1.29, 1.82) is 0 Å². The second kappa shape index (κ2) is 3.47. The second-order valence-electron chi connectivity index (χ2n) is 3.51. The normalized spacial score (nSPS) is 20.1. The van der Waals surface area contributed by atoms with Crippen LogP contribution in [0.3, 0.4) is 0 Å². The Kier molecular flexibility index (Phi) is 2.48. The molecule has 0 spiro atoms. The molecule has 0 amide bonds. The van der Waals surface area contributed by atoms with Crippen LogP contribution in [0.2, 0.25) is 5.02 Å². The molecule has 1 aromatic carbocycles. The van der Waals surface area contributed by atoms with Crippen molar-refractivity contribution in [3.05, 3.63) is 38.8 Å². The molecule has 0 saturated heterocycles. The predicted octanol–water partition coefficient (Wildman–Crippen LogP) is 4.31. The van der Waals surface area contributed by atoms with Gasteiger partial charge in [-0.3, -0.25) is 0 Å². The number of hydrogen-bond donors (Lipinski definition) is 0. The number of rotatable bonds is 0. The molecule has 0 bridgehead atoms. The molecule has 0 radical (unpaired) electrons. The van der Waals surface area contributed by atoms with E-state index in [0.717, 1.165) is 15.9 Å². The summed E-state index contributed by atoms with van der Waals surface area (Å²) in [5.74, 6) is 0.629. The van der Waals surface area contributed by atoms with Gasteiger partial charge in [0.25, 0.3) is 0 Å². The van der Waals surface area contributed by atoms with Crippen LogP contribution in [0.4, 0.5) is 0 Å². The van der Waals surface area contributed by atoms with Crippen LogP contribution in [0, 0.1) is 5.92 Å². The van der Waals surface area contributed by atoms with Gasteiger partial charge in [-0.25, -0.2) is 0 Å². The van der Waals surface area contributed by atoms with Crippen LogP contribution < -0.4 is 0 Å². The third-order valence-corrected chi connectivity index (χ3v) is 3.53. The third-order valence-electron chi connectivity index (χ3n) is 2.33.